The summed E-state index contributed by atoms with van der Waals surface area (Å²) in [6.07, 6.45) is 1.57. The highest BCUT2D eigenvalue weighted by Gasteiger charge is 2.23. The van der Waals surface area contributed by atoms with Crippen LogP contribution in [0.2, 0.25) is 0 Å². The van der Waals surface area contributed by atoms with Gasteiger partial charge in [0.25, 0.3) is 0 Å². The largest absolute Gasteiger partial charge is 0.481 e. The third-order valence-corrected chi connectivity index (χ3v) is 3.66. The monoisotopic (exact) mass is 314 g/mol. The van der Waals surface area contributed by atoms with Gasteiger partial charge in [-0.2, -0.15) is 0 Å². The zero-order valence-electron chi connectivity index (χ0n) is 12.8. The van der Waals surface area contributed by atoms with Crippen LogP contribution in [0, 0.1) is 0 Å². The molecule has 0 aromatic carbocycles. The third kappa shape index (κ3) is 5.04. The Labute approximate surface area is 128 Å². The molecule has 0 spiro atoms. The molecule has 0 bridgehead atoms. The summed E-state index contributed by atoms with van der Waals surface area (Å²) in [6.45, 7) is 7.57. The van der Waals surface area contributed by atoms with E-state index in [4.69, 9.17) is 5.11 Å². The van der Waals surface area contributed by atoms with Gasteiger partial charge in [-0.3, -0.25) is 14.2 Å². The van der Waals surface area contributed by atoms with E-state index < -0.39 is 12.0 Å². The quantitative estimate of drug-likeness (QED) is 0.706. The van der Waals surface area contributed by atoms with Crippen molar-refractivity contribution in [1.29, 1.82) is 0 Å². The summed E-state index contributed by atoms with van der Waals surface area (Å²) in [5.41, 5.74) is 0. The minimum atomic E-state index is -0.925. The van der Waals surface area contributed by atoms with Gasteiger partial charge in [0, 0.05) is 12.5 Å². The molecule has 1 aromatic heterocycles. The smallest absolute Gasteiger partial charge is 0.313 e. The molecule has 0 saturated heterocycles. The minimum absolute atomic E-state index is 0.0428. The van der Waals surface area contributed by atoms with Crippen LogP contribution in [0.25, 0.3) is 0 Å². The minimum Gasteiger partial charge on any atom is -0.481 e. The highest BCUT2D eigenvalue weighted by Crippen LogP contribution is 2.22. The van der Waals surface area contributed by atoms with E-state index in [1.165, 1.54) is 0 Å². The lowest BCUT2D eigenvalue weighted by molar-refractivity contribution is -0.134. The summed E-state index contributed by atoms with van der Waals surface area (Å²) in [7, 11) is 0. The van der Waals surface area contributed by atoms with Crippen molar-refractivity contribution in [2.45, 2.75) is 57.8 Å². The molecule has 2 N–H and O–H groups in total. The number of rotatable bonds is 8. The number of carboxylic acids is 1. The third-order valence-electron chi connectivity index (χ3n) is 2.73. The maximum Gasteiger partial charge on any atom is 0.313 e. The molecule has 1 rings (SSSR count). The fourth-order valence-corrected chi connectivity index (χ4v) is 2.59. The fourth-order valence-electron chi connectivity index (χ4n) is 1.84. The number of thioether (sulfide) groups is 1. The number of hydrogen-bond donors (Lipinski definition) is 2. The summed E-state index contributed by atoms with van der Waals surface area (Å²) in [5, 5.41) is 20.2. The van der Waals surface area contributed by atoms with Crippen LogP contribution in [0.5, 0.6) is 0 Å². The molecule has 1 amide bonds. The second-order valence-electron chi connectivity index (χ2n) is 5.04. The van der Waals surface area contributed by atoms with Crippen molar-refractivity contribution in [2.24, 2.45) is 0 Å². The SMILES string of the molecule is CCCc1nnc(SCC(=O)O)n1C(C)C(=O)NC(C)C. The van der Waals surface area contributed by atoms with Crippen molar-refractivity contribution in [3.8, 4) is 0 Å². The van der Waals surface area contributed by atoms with Crippen LogP contribution < -0.4 is 5.32 Å². The van der Waals surface area contributed by atoms with Crippen LogP contribution in [0.1, 0.15) is 46.0 Å². The lowest BCUT2D eigenvalue weighted by Crippen LogP contribution is -2.36. The zero-order valence-corrected chi connectivity index (χ0v) is 13.6. The number of nitrogens with one attached hydrogen (secondary N) is 1. The molecule has 118 valence electrons. The van der Waals surface area contributed by atoms with E-state index >= 15 is 0 Å². The Morgan fingerprint density at radius 2 is 2.00 bits per heavy atom. The van der Waals surface area contributed by atoms with E-state index in [9.17, 15) is 9.59 Å². The van der Waals surface area contributed by atoms with Gasteiger partial charge in [0.15, 0.2) is 5.16 Å². The molecular weight excluding hydrogens is 292 g/mol. The standard InChI is InChI=1S/C13H22N4O3S/c1-5-6-10-15-16-13(21-7-11(18)19)17(10)9(4)12(20)14-8(2)3/h8-9H,5-7H2,1-4H3,(H,14,20)(H,18,19). The van der Waals surface area contributed by atoms with Crippen LogP contribution in [0.4, 0.5) is 0 Å². The van der Waals surface area contributed by atoms with Crippen molar-refractivity contribution >= 4 is 23.6 Å². The zero-order chi connectivity index (χ0) is 16.0. The highest BCUT2D eigenvalue weighted by atomic mass is 32.2. The second kappa shape index (κ2) is 8.02. The number of carbonyl (C=O) groups excluding carboxylic acids is 1. The number of carboxylic acid groups (broad SMARTS) is 1. The number of hydrogen-bond acceptors (Lipinski definition) is 5. The summed E-state index contributed by atoms with van der Waals surface area (Å²) in [4.78, 5) is 22.9. The summed E-state index contributed by atoms with van der Waals surface area (Å²) in [5.74, 6) is -0.454. The molecule has 1 atom stereocenters. The Morgan fingerprint density at radius 1 is 1.33 bits per heavy atom. The first-order valence-corrected chi connectivity index (χ1v) is 7.94. The molecule has 1 aromatic rings. The predicted molar refractivity (Wildman–Crippen MR) is 80.4 cm³/mol. The molecule has 0 radical (unpaired) electrons. The summed E-state index contributed by atoms with van der Waals surface area (Å²) < 4.78 is 1.73. The first-order valence-electron chi connectivity index (χ1n) is 6.95. The van der Waals surface area contributed by atoms with Crippen molar-refractivity contribution in [3.63, 3.8) is 0 Å². The lowest BCUT2D eigenvalue weighted by atomic mass is 10.2. The van der Waals surface area contributed by atoms with Gasteiger partial charge in [-0.25, -0.2) is 0 Å². The van der Waals surface area contributed by atoms with Gasteiger partial charge in [-0.1, -0.05) is 18.7 Å². The van der Waals surface area contributed by atoms with E-state index in [1.807, 2.05) is 20.8 Å². The Kier molecular flexibility index (Phi) is 6.67. The average Bonchev–Trinajstić information content (AvgIpc) is 2.78. The molecule has 21 heavy (non-hydrogen) atoms. The van der Waals surface area contributed by atoms with Gasteiger partial charge in [0.1, 0.15) is 11.9 Å². The molecule has 0 fully saturated rings. The Bertz CT molecular complexity index is 502. The average molecular weight is 314 g/mol. The van der Waals surface area contributed by atoms with Gasteiger partial charge in [-0.15, -0.1) is 10.2 Å². The van der Waals surface area contributed by atoms with Crippen molar-refractivity contribution in [2.75, 3.05) is 5.75 Å². The van der Waals surface area contributed by atoms with Gasteiger partial charge < -0.3 is 10.4 Å². The Morgan fingerprint density at radius 3 is 2.52 bits per heavy atom. The lowest BCUT2D eigenvalue weighted by Gasteiger charge is -2.19. The topological polar surface area (TPSA) is 97.1 Å². The maximum absolute atomic E-state index is 12.2. The van der Waals surface area contributed by atoms with Crippen molar-refractivity contribution in [3.05, 3.63) is 5.82 Å². The van der Waals surface area contributed by atoms with Gasteiger partial charge in [-0.05, 0) is 27.2 Å². The normalized spacial score (nSPS) is 12.4. The summed E-state index contributed by atoms with van der Waals surface area (Å²) in [6, 6.07) is -0.429. The van der Waals surface area contributed by atoms with E-state index in [0.717, 1.165) is 18.2 Å². The molecule has 1 heterocycles. The number of amides is 1. The Balaban J connectivity index is 3.01. The fraction of sp³-hybridized carbons (Fsp3) is 0.692. The highest BCUT2D eigenvalue weighted by molar-refractivity contribution is 7.99. The molecule has 8 heteroatoms. The van der Waals surface area contributed by atoms with E-state index in [0.29, 0.717) is 17.4 Å². The number of aromatic nitrogens is 3. The van der Waals surface area contributed by atoms with E-state index in [1.54, 1.807) is 11.5 Å². The van der Waals surface area contributed by atoms with Crippen molar-refractivity contribution in [1.82, 2.24) is 20.1 Å². The maximum atomic E-state index is 12.2. The van der Waals surface area contributed by atoms with E-state index in [2.05, 4.69) is 15.5 Å². The molecule has 0 aliphatic carbocycles. The van der Waals surface area contributed by atoms with Crippen LogP contribution in [-0.2, 0) is 16.0 Å². The second-order valence-corrected chi connectivity index (χ2v) is 5.98. The number of aliphatic carboxylic acids is 1. The van der Waals surface area contributed by atoms with Crippen LogP contribution in [-0.4, -0.2) is 43.5 Å². The number of nitrogens with zero attached hydrogens (tertiary/aromatic N) is 3. The number of aryl methyl sites for hydroxylation is 1. The molecule has 0 aliphatic rings. The first kappa shape index (κ1) is 17.5. The van der Waals surface area contributed by atoms with Crippen LogP contribution in [0.3, 0.4) is 0 Å². The van der Waals surface area contributed by atoms with Gasteiger partial charge >= 0.3 is 5.97 Å². The van der Waals surface area contributed by atoms with Gasteiger partial charge in [0.2, 0.25) is 5.91 Å². The predicted octanol–water partition coefficient (Wildman–Crippen LogP) is 1.49. The summed E-state index contributed by atoms with van der Waals surface area (Å²) >= 11 is 1.08. The molecule has 1 unspecified atom stereocenters. The molecule has 0 aliphatic heterocycles. The van der Waals surface area contributed by atoms with E-state index in [-0.39, 0.29) is 17.7 Å². The van der Waals surface area contributed by atoms with Crippen LogP contribution >= 0.6 is 11.8 Å². The van der Waals surface area contributed by atoms with Crippen LogP contribution in [0.15, 0.2) is 5.16 Å². The molecule has 0 saturated carbocycles. The molecular formula is C13H22N4O3S. The number of carbonyl (C=O) groups is 2. The first-order chi connectivity index (χ1) is 9.86. The van der Waals surface area contributed by atoms with Gasteiger partial charge in [0.05, 0.1) is 5.75 Å². The molecule has 7 nitrogen and oxygen atoms in total. The Hall–Kier alpha value is -1.57. The van der Waals surface area contributed by atoms with Crippen molar-refractivity contribution < 1.29 is 14.7 Å².